The van der Waals surface area contributed by atoms with Gasteiger partial charge in [-0.3, -0.25) is 0 Å². The summed E-state index contributed by atoms with van der Waals surface area (Å²) in [6.07, 6.45) is 3.15. The first-order valence-electron chi connectivity index (χ1n) is 5.63. The van der Waals surface area contributed by atoms with Crippen LogP contribution < -0.4 is 5.14 Å². The number of nitrogens with zero attached hydrogens (tertiary/aromatic N) is 1. The Hall–Kier alpha value is -0.130. The van der Waals surface area contributed by atoms with Gasteiger partial charge in [-0.25, -0.2) is 13.6 Å². The summed E-state index contributed by atoms with van der Waals surface area (Å²) in [6.45, 7) is 6.40. The quantitative estimate of drug-likeness (QED) is 0.782. The van der Waals surface area contributed by atoms with Gasteiger partial charge < -0.3 is 4.90 Å². The number of rotatable bonds is 4. The molecule has 1 heterocycles. The maximum atomic E-state index is 10.8. The lowest BCUT2D eigenvalue weighted by Crippen LogP contribution is -2.42. The maximum Gasteiger partial charge on any atom is 0.209 e. The van der Waals surface area contributed by atoms with Crippen LogP contribution in [-0.2, 0) is 10.0 Å². The smallest absolute Gasteiger partial charge is 0.209 e. The van der Waals surface area contributed by atoms with Crippen molar-refractivity contribution in [1.29, 1.82) is 0 Å². The topological polar surface area (TPSA) is 63.4 Å². The molecule has 0 saturated carbocycles. The normalized spacial score (nSPS) is 29.3. The summed E-state index contributed by atoms with van der Waals surface area (Å²) in [6, 6.07) is 0.585. The first-order valence-corrected chi connectivity index (χ1v) is 7.34. The number of piperidine rings is 1. The van der Waals surface area contributed by atoms with Crippen molar-refractivity contribution < 1.29 is 8.42 Å². The molecule has 2 atom stereocenters. The molecule has 0 radical (unpaired) electrons. The zero-order valence-corrected chi connectivity index (χ0v) is 10.5. The summed E-state index contributed by atoms with van der Waals surface area (Å²) in [5, 5.41) is 4.97. The highest BCUT2D eigenvalue weighted by atomic mass is 32.2. The van der Waals surface area contributed by atoms with Gasteiger partial charge in [0.05, 0.1) is 5.75 Å². The monoisotopic (exact) mass is 234 g/mol. The molecule has 0 amide bonds. The third-order valence-electron chi connectivity index (χ3n) is 3.12. The Bertz CT molecular complexity index is 290. The second-order valence-corrected chi connectivity index (χ2v) is 6.48. The van der Waals surface area contributed by atoms with Crippen molar-refractivity contribution in [2.75, 3.05) is 18.8 Å². The highest BCUT2D eigenvalue weighted by Crippen LogP contribution is 2.21. The third kappa shape index (κ3) is 4.95. The Kier molecular flexibility index (Phi) is 4.55. The summed E-state index contributed by atoms with van der Waals surface area (Å²) >= 11 is 0. The van der Waals surface area contributed by atoms with E-state index in [4.69, 9.17) is 5.14 Å². The van der Waals surface area contributed by atoms with Crippen LogP contribution >= 0.6 is 0 Å². The Morgan fingerprint density at radius 2 is 2.00 bits per heavy atom. The van der Waals surface area contributed by atoms with Gasteiger partial charge in [0.15, 0.2) is 0 Å². The molecule has 15 heavy (non-hydrogen) atoms. The van der Waals surface area contributed by atoms with Crippen LogP contribution in [0.15, 0.2) is 0 Å². The SMILES string of the molecule is CC1CCC(C)N(CCCS(N)(=O)=O)C1. The van der Waals surface area contributed by atoms with Crippen molar-refractivity contribution in [2.24, 2.45) is 11.1 Å². The highest BCUT2D eigenvalue weighted by molar-refractivity contribution is 7.89. The first kappa shape index (κ1) is 12.9. The number of hydrogen-bond acceptors (Lipinski definition) is 3. The largest absolute Gasteiger partial charge is 0.300 e. The molecule has 0 bridgehead atoms. The zero-order valence-electron chi connectivity index (χ0n) is 9.65. The van der Waals surface area contributed by atoms with E-state index in [1.807, 2.05) is 0 Å². The average molecular weight is 234 g/mol. The van der Waals surface area contributed by atoms with Crippen LogP contribution in [0.5, 0.6) is 0 Å². The molecule has 1 rings (SSSR count). The zero-order chi connectivity index (χ0) is 11.5. The van der Waals surface area contributed by atoms with E-state index in [1.54, 1.807) is 0 Å². The van der Waals surface area contributed by atoms with Crippen molar-refractivity contribution in [3.63, 3.8) is 0 Å². The predicted molar refractivity (Wildman–Crippen MR) is 62.0 cm³/mol. The summed E-state index contributed by atoms with van der Waals surface area (Å²) in [5.74, 6) is 0.834. The third-order valence-corrected chi connectivity index (χ3v) is 3.98. The van der Waals surface area contributed by atoms with Crippen LogP contribution in [-0.4, -0.2) is 38.2 Å². The van der Waals surface area contributed by atoms with Crippen molar-refractivity contribution >= 4 is 10.0 Å². The molecule has 0 aromatic carbocycles. The van der Waals surface area contributed by atoms with Crippen LogP contribution in [0.2, 0.25) is 0 Å². The standard InChI is InChI=1S/C10H22N2O2S/c1-9-4-5-10(2)12(8-9)6-3-7-15(11,13)14/h9-10H,3-8H2,1-2H3,(H2,11,13,14). The number of primary sulfonamides is 1. The summed E-state index contributed by atoms with van der Waals surface area (Å²) in [4.78, 5) is 2.37. The lowest BCUT2D eigenvalue weighted by molar-refractivity contribution is 0.125. The molecule has 5 heteroatoms. The Morgan fingerprint density at radius 1 is 1.33 bits per heavy atom. The summed E-state index contributed by atoms with van der Waals surface area (Å²) in [5.41, 5.74) is 0. The molecule has 1 aliphatic heterocycles. The molecule has 2 N–H and O–H groups in total. The fourth-order valence-corrected chi connectivity index (χ4v) is 2.69. The van der Waals surface area contributed by atoms with Gasteiger partial charge in [0, 0.05) is 12.6 Å². The van der Waals surface area contributed by atoms with E-state index in [1.165, 1.54) is 12.8 Å². The van der Waals surface area contributed by atoms with Crippen LogP contribution in [0.4, 0.5) is 0 Å². The molecule has 90 valence electrons. The van der Waals surface area contributed by atoms with E-state index in [-0.39, 0.29) is 5.75 Å². The average Bonchev–Trinajstić information content (AvgIpc) is 2.09. The number of likely N-dealkylation sites (tertiary alicyclic amines) is 1. The second kappa shape index (κ2) is 5.27. The molecule has 0 spiro atoms. The minimum atomic E-state index is -3.28. The fraction of sp³-hybridized carbons (Fsp3) is 1.00. The Morgan fingerprint density at radius 3 is 2.60 bits per heavy atom. The van der Waals surface area contributed by atoms with Gasteiger partial charge in [-0.15, -0.1) is 0 Å². The van der Waals surface area contributed by atoms with E-state index >= 15 is 0 Å². The van der Waals surface area contributed by atoms with Crippen molar-refractivity contribution in [1.82, 2.24) is 4.90 Å². The minimum absolute atomic E-state index is 0.102. The Labute approximate surface area is 92.9 Å². The lowest BCUT2D eigenvalue weighted by atomic mass is 9.95. The van der Waals surface area contributed by atoms with Crippen LogP contribution in [0, 0.1) is 5.92 Å². The number of hydrogen-bond donors (Lipinski definition) is 1. The van der Waals surface area contributed by atoms with Gasteiger partial charge in [0.1, 0.15) is 0 Å². The lowest BCUT2D eigenvalue weighted by Gasteiger charge is -2.36. The summed E-state index contributed by atoms with van der Waals surface area (Å²) in [7, 11) is -3.28. The van der Waals surface area contributed by atoms with Gasteiger partial charge in [0.2, 0.25) is 10.0 Å². The van der Waals surface area contributed by atoms with E-state index in [0.717, 1.165) is 19.0 Å². The van der Waals surface area contributed by atoms with E-state index < -0.39 is 10.0 Å². The minimum Gasteiger partial charge on any atom is -0.300 e. The summed E-state index contributed by atoms with van der Waals surface area (Å²) < 4.78 is 21.6. The first-order chi connectivity index (χ1) is 6.88. The van der Waals surface area contributed by atoms with E-state index in [9.17, 15) is 8.42 Å². The van der Waals surface area contributed by atoms with Crippen LogP contribution in [0.25, 0.3) is 0 Å². The molecule has 0 aliphatic carbocycles. The van der Waals surface area contributed by atoms with Gasteiger partial charge in [-0.2, -0.15) is 0 Å². The van der Waals surface area contributed by atoms with E-state index in [2.05, 4.69) is 18.7 Å². The van der Waals surface area contributed by atoms with Gasteiger partial charge in [-0.05, 0) is 38.6 Å². The van der Waals surface area contributed by atoms with Crippen molar-refractivity contribution in [3.05, 3.63) is 0 Å². The van der Waals surface area contributed by atoms with E-state index in [0.29, 0.717) is 12.5 Å². The molecule has 2 unspecified atom stereocenters. The van der Waals surface area contributed by atoms with Crippen LogP contribution in [0.3, 0.4) is 0 Å². The molecule has 1 saturated heterocycles. The molecule has 0 aromatic heterocycles. The van der Waals surface area contributed by atoms with Crippen LogP contribution in [0.1, 0.15) is 33.1 Å². The molecule has 0 aromatic rings. The Balaban J connectivity index is 2.30. The van der Waals surface area contributed by atoms with Gasteiger partial charge in [0.25, 0.3) is 0 Å². The fourth-order valence-electron chi connectivity index (χ4n) is 2.16. The molecule has 4 nitrogen and oxygen atoms in total. The molecular weight excluding hydrogens is 212 g/mol. The maximum absolute atomic E-state index is 10.8. The van der Waals surface area contributed by atoms with Crippen molar-refractivity contribution in [3.8, 4) is 0 Å². The molecular formula is C10H22N2O2S. The molecule has 1 aliphatic rings. The number of sulfonamides is 1. The second-order valence-electron chi connectivity index (χ2n) is 4.75. The number of nitrogens with two attached hydrogens (primary N) is 1. The molecule has 1 fully saturated rings. The van der Waals surface area contributed by atoms with Gasteiger partial charge in [-0.1, -0.05) is 6.92 Å². The van der Waals surface area contributed by atoms with Gasteiger partial charge >= 0.3 is 0 Å². The van der Waals surface area contributed by atoms with Crippen molar-refractivity contribution in [2.45, 2.75) is 39.2 Å². The highest BCUT2D eigenvalue weighted by Gasteiger charge is 2.22. The predicted octanol–water partition coefficient (Wildman–Crippen LogP) is 0.785.